The third-order valence-corrected chi connectivity index (χ3v) is 14.7. The van der Waals surface area contributed by atoms with Gasteiger partial charge in [0.2, 0.25) is 0 Å². The van der Waals surface area contributed by atoms with Crippen molar-refractivity contribution in [3.8, 4) is 0 Å². The van der Waals surface area contributed by atoms with E-state index >= 15 is 0 Å². The van der Waals surface area contributed by atoms with Crippen molar-refractivity contribution in [1.82, 2.24) is 0 Å². The fraction of sp³-hybridized carbons (Fsp3) is 0.833. The number of epoxide rings is 1. The van der Waals surface area contributed by atoms with E-state index in [9.17, 15) is 34.5 Å². The second-order valence-corrected chi connectivity index (χ2v) is 16.4. The number of allylic oxidation sites excluding steroid dienone is 1. The fourth-order valence-corrected chi connectivity index (χ4v) is 12.7. The number of hydrogen-bond donors (Lipinski definition) is 3. The van der Waals surface area contributed by atoms with Crippen LogP contribution in [0.25, 0.3) is 0 Å². The van der Waals surface area contributed by atoms with E-state index in [1.165, 1.54) is 14.0 Å². The minimum absolute atomic E-state index is 0.0672. The molecule has 0 aromatic carbocycles. The third-order valence-electron chi connectivity index (χ3n) is 14.7. The Kier molecular flexibility index (Phi) is 8.01. The molecule has 0 aromatic rings. The lowest BCUT2D eigenvalue weighted by Gasteiger charge is -2.65. The van der Waals surface area contributed by atoms with Crippen LogP contribution < -0.4 is 0 Å². The van der Waals surface area contributed by atoms with Crippen LogP contribution in [0.15, 0.2) is 11.6 Å². The predicted molar refractivity (Wildman–Crippen MR) is 171 cm³/mol. The van der Waals surface area contributed by atoms with Gasteiger partial charge in [0.25, 0.3) is 5.79 Å². The highest BCUT2D eigenvalue weighted by Gasteiger charge is 2.97. The van der Waals surface area contributed by atoms with Gasteiger partial charge in [0.05, 0.1) is 45.7 Å². The van der Waals surface area contributed by atoms with Gasteiger partial charge in [-0.05, 0) is 27.2 Å². The topological polar surface area (TPSA) is 225 Å². The summed E-state index contributed by atoms with van der Waals surface area (Å²) < 4.78 is 60.0. The van der Waals surface area contributed by atoms with E-state index in [-0.39, 0.29) is 24.8 Å². The molecule has 17 nitrogen and oxygen atoms in total. The molecule has 1 spiro atoms. The first-order valence-electron chi connectivity index (χ1n) is 18.0. The average molecular weight is 753 g/mol. The van der Waals surface area contributed by atoms with E-state index in [0.29, 0.717) is 0 Å². The molecule has 8 rings (SSSR count). The van der Waals surface area contributed by atoms with Gasteiger partial charge in [0.1, 0.15) is 34.4 Å². The predicted octanol–water partition coefficient (Wildman–Crippen LogP) is -0.354. The molecule has 8 aliphatic rings. The summed E-state index contributed by atoms with van der Waals surface area (Å²) in [6, 6.07) is 0. The van der Waals surface area contributed by atoms with Crippen molar-refractivity contribution in [3.63, 3.8) is 0 Å². The maximum absolute atomic E-state index is 14.2. The number of esters is 4. The zero-order chi connectivity index (χ0) is 38.5. The number of carbonyl (C=O) groups is 4. The van der Waals surface area contributed by atoms with E-state index in [1.807, 2.05) is 0 Å². The zero-order valence-corrected chi connectivity index (χ0v) is 30.9. The summed E-state index contributed by atoms with van der Waals surface area (Å²) in [5.74, 6) is -9.82. The quantitative estimate of drug-likeness (QED) is 0.131. The van der Waals surface area contributed by atoms with E-state index in [0.717, 1.165) is 14.2 Å². The largest absolute Gasteiger partial charge is 0.468 e. The number of aliphatic hydroxyl groups is 3. The van der Waals surface area contributed by atoms with Crippen molar-refractivity contribution < 1.29 is 81.9 Å². The Morgan fingerprint density at radius 1 is 0.906 bits per heavy atom. The molecular weight excluding hydrogens is 704 g/mol. The molecule has 0 radical (unpaired) electrons. The van der Waals surface area contributed by atoms with Gasteiger partial charge in [-0.15, -0.1) is 0 Å². The number of fused-ring (bicyclic) bond motifs is 7. The first kappa shape index (κ1) is 37.2. The first-order chi connectivity index (χ1) is 24.9. The molecular formula is C36H48O17. The maximum atomic E-state index is 14.2. The number of ether oxygens (including phenoxy) is 10. The Bertz CT molecular complexity index is 1670. The molecule has 0 unspecified atom stereocenters. The lowest BCUT2D eigenvalue weighted by Crippen LogP contribution is -2.79. The van der Waals surface area contributed by atoms with Crippen LogP contribution in [0.3, 0.4) is 0 Å². The molecule has 17 heteroatoms. The molecule has 2 bridgehead atoms. The first-order valence-corrected chi connectivity index (χ1v) is 18.0. The lowest BCUT2D eigenvalue weighted by atomic mass is 9.37. The summed E-state index contributed by atoms with van der Waals surface area (Å²) >= 11 is 0. The van der Waals surface area contributed by atoms with E-state index in [1.54, 1.807) is 33.8 Å². The van der Waals surface area contributed by atoms with Gasteiger partial charge < -0.3 is 62.7 Å². The second-order valence-electron chi connectivity index (χ2n) is 16.4. The van der Waals surface area contributed by atoms with Crippen molar-refractivity contribution in [1.29, 1.82) is 0 Å². The van der Waals surface area contributed by atoms with Crippen LogP contribution in [0.5, 0.6) is 0 Å². The molecule has 0 aromatic heterocycles. The number of rotatable bonds is 7. The van der Waals surface area contributed by atoms with Crippen molar-refractivity contribution >= 4 is 23.9 Å². The fourth-order valence-electron chi connectivity index (χ4n) is 12.7. The summed E-state index contributed by atoms with van der Waals surface area (Å²) in [6.45, 7) is 6.88. The molecule has 53 heavy (non-hydrogen) atoms. The van der Waals surface area contributed by atoms with Gasteiger partial charge >= 0.3 is 23.9 Å². The molecule has 5 aliphatic heterocycles. The molecule has 5 heterocycles. The number of carbonyl (C=O) groups excluding carboxylic acids is 4. The molecule has 0 amide bonds. The number of methoxy groups -OCH3 is 3. The Labute approximate surface area is 305 Å². The highest BCUT2D eigenvalue weighted by molar-refractivity contribution is 5.88. The van der Waals surface area contributed by atoms with Gasteiger partial charge in [0.15, 0.2) is 12.6 Å². The van der Waals surface area contributed by atoms with Crippen LogP contribution in [0.1, 0.15) is 53.9 Å². The normalized spacial score (nSPS) is 54.2. The molecule has 3 N–H and O–H groups in total. The van der Waals surface area contributed by atoms with Gasteiger partial charge in [0, 0.05) is 61.0 Å². The SMILES string of the molecule is C/C=C(\C)C(=O)O[C@H]1C[C@@H](OC(C)=O)[C@@]2(C(=O)OC)CO[C@H]3[C@@H](O)[C@@](C)([C@]45O[C@@]4(C)[C@H]4C[C@@H]5O[C@@H]5O[C@@H](OC)C[C@@]54O)[C@H]4[C@]1(CO[C@]4(O)C(=O)OC)[C@@H]32. The Morgan fingerprint density at radius 2 is 1.60 bits per heavy atom. The van der Waals surface area contributed by atoms with Crippen LogP contribution in [-0.4, -0.2) is 139 Å². The van der Waals surface area contributed by atoms with E-state index in [4.69, 9.17) is 47.4 Å². The lowest BCUT2D eigenvalue weighted by molar-refractivity contribution is -0.321. The zero-order valence-electron chi connectivity index (χ0n) is 30.9. The smallest absolute Gasteiger partial charge is 0.366 e. The summed E-state index contributed by atoms with van der Waals surface area (Å²) in [7, 11) is 3.69. The molecule has 17 atom stereocenters. The molecule has 3 saturated carbocycles. The molecule has 5 saturated heterocycles. The van der Waals surface area contributed by atoms with E-state index < -0.39 is 137 Å². The summed E-state index contributed by atoms with van der Waals surface area (Å²) in [4.78, 5) is 54.6. The molecule has 8 fully saturated rings. The summed E-state index contributed by atoms with van der Waals surface area (Å²) in [5, 5.41) is 37.9. The average Bonchev–Trinajstić information content (AvgIpc) is 3.47. The summed E-state index contributed by atoms with van der Waals surface area (Å²) in [5.41, 5.74) is -9.52. The minimum atomic E-state index is -2.84. The van der Waals surface area contributed by atoms with Gasteiger partial charge in [-0.1, -0.05) is 13.0 Å². The van der Waals surface area contributed by atoms with Crippen molar-refractivity contribution in [2.75, 3.05) is 34.5 Å². The minimum Gasteiger partial charge on any atom is -0.468 e. The standard InChI is InChI=1S/C36H48O17/c1-9-15(2)25(39)50-18-11-19(49-16(3)37)33(27(40)45-7)13-47-22-23(33)32(18)14-48-35(43,28(41)46-8)26(32)30(4,24(22)38)36-20-10-17(31(36,5)53-36)34(42)12-21(44-6)52-29(34)51-20/h9,17-24,26,29,38,42-43H,10-14H2,1-8H3/b15-9+/t17-,18+,19-,20+,21-,22-,23-,24-,26+,29-,30-,31+,32+,33+,34+,35+,36+/m1/s1. The number of aliphatic hydroxyl groups excluding tert-OH is 1. The Morgan fingerprint density at radius 3 is 2.23 bits per heavy atom. The monoisotopic (exact) mass is 752 g/mol. The highest BCUT2D eigenvalue weighted by Crippen LogP contribution is 2.83. The van der Waals surface area contributed by atoms with Gasteiger partial charge in [-0.3, -0.25) is 9.59 Å². The third kappa shape index (κ3) is 4.03. The Balaban J connectivity index is 1.38. The van der Waals surface area contributed by atoms with E-state index in [2.05, 4.69) is 0 Å². The number of hydrogen-bond acceptors (Lipinski definition) is 17. The second kappa shape index (κ2) is 11.4. The van der Waals surface area contributed by atoms with Crippen LogP contribution in [0, 0.1) is 34.0 Å². The van der Waals surface area contributed by atoms with Crippen molar-refractivity contribution in [2.45, 2.75) is 120 Å². The van der Waals surface area contributed by atoms with Crippen LogP contribution >= 0.6 is 0 Å². The molecule has 294 valence electrons. The summed E-state index contributed by atoms with van der Waals surface area (Å²) in [6.07, 6.45) is -6.77. The van der Waals surface area contributed by atoms with Crippen molar-refractivity contribution in [3.05, 3.63) is 11.6 Å². The van der Waals surface area contributed by atoms with Crippen LogP contribution in [0.2, 0.25) is 0 Å². The van der Waals surface area contributed by atoms with Gasteiger partial charge in [-0.25, -0.2) is 9.59 Å². The Hall–Kier alpha value is -2.74. The molecule has 3 aliphatic carbocycles. The van der Waals surface area contributed by atoms with Gasteiger partial charge in [-0.2, -0.15) is 0 Å². The maximum Gasteiger partial charge on any atom is 0.366 e. The van der Waals surface area contributed by atoms with Crippen LogP contribution in [0.4, 0.5) is 0 Å². The van der Waals surface area contributed by atoms with Crippen molar-refractivity contribution in [2.24, 2.45) is 34.0 Å². The highest BCUT2D eigenvalue weighted by atomic mass is 16.8. The van der Waals surface area contributed by atoms with Crippen LogP contribution in [-0.2, 0) is 66.5 Å².